The topological polar surface area (TPSA) is 77.4 Å². The third-order valence-electron chi connectivity index (χ3n) is 3.29. The van der Waals surface area contributed by atoms with E-state index in [1.807, 2.05) is 0 Å². The molecule has 1 N–H and O–H groups in total. The maximum absolute atomic E-state index is 10.7. The van der Waals surface area contributed by atoms with E-state index in [0.29, 0.717) is 12.8 Å². The predicted molar refractivity (Wildman–Crippen MR) is 72.4 cm³/mol. The van der Waals surface area contributed by atoms with Crippen molar-refractivity contribution in [2.45, 2.75) is 83.0 Å². The van der Waals surface area contributed by atoms with Crippen molar-refractivity contribution in [1.82, 2.24) is 0 Å². The van der Waals surface area contributed by atoms with E-state index in [-0.39, 0.29) is 36.0 Å². The molecule has 0 fully saturated rings. The Bertz CT molecular complexity index is 293. The van der Waals surface area contributed by atoms with Crippen LogP contribution in [-0.2, 0) is 10.1 Å². The molecule has 0 saturated heterocycles. The zero-order valence-corrected chi connectivity index (χ0v) is 15.4. The second-order valence-corrected chi connectivity index (χ2v) is 6.88. The Morgan fingerprint density at radius 2 is 1.53 bits per heavy atom. The van der Waals surface area contributed by atoms with Crippen LogP contribution in [0.2, 0.25) is 0 Å². The fourth-order valence-corrected chi connectivity index (χ4v) is 2.30. The van der Waals surface area contributed by atoms with E-state index in [1.54, 1.807) is 0 Å². The summed E-state index contributed by atoms with van der Waals surface area (Å²) >= 11 is 0. The third kappa shape index (κ3) is 13.6. The Hall–Kier alpha value is 0.870. The molecule has 6 heteroatoms. The Balaban J connectivity index is 0. The van der Waals surface area contributed by atoms with Crippen LogP contribution in [0.5, 0.6) is 0 Å². The Morgan fingerprint density at radius 3 is 2.05 bits per heavy atom. The molecule has 0 saturated carbocycles. The van der Waals surface area contributed by atoms with Crippen LogP contribution in [0.3, 0.4) is 0 Å². The second-order valence-electron chi connectivity index (χ2n) is 5.09. The molecule has 0 radical (unpaired) electrons. The molecule has 0 aliphatic carbocycles. The quantitative estimate of drug-likeness (QED) is 0.326. The molecule has 0 amide bonds. The molecule has 0 heterocycles. The van der Waals surface area contributed by atoms with Gasteiger partial charge in [0.25, 0.3) is 0 Å². The molecule has 2 atom stereocenters. The maximum atomic E-state index is 10.7. The summed E-state index contributed by atoms with van der Waals surface area (Å²) in [5.74, 6) is 0. The molecule has 4 nitrogen and oxygen atoms in total. The van der Waals surface area contributed by atoms with Crippen molar-refractivity contribution in [3.63, 3.8) is 0 Å². The van der Waals surface area contributed by atoms with Gasteiger partial charge in [0.05, 0.1) is 16.2 Å². The van der Waals surface area contributed by atoms with Gasteiger partial charge in [-0.3, -0.25) is 0 Å². The van der Waals surface area contributed by atoms with Crippen LogP contribution in [0.15, 0.2) is 0 Å². The van der Waals surface area contributed by atoms with E-state index < -0.39 is 21.5 Å². The van der Waals surface area contributed by atoms with E-state index in [2.05, 4.69) is 6.92 Å². The molecule has 0 spiro atoms. The molecule has 0 rings (SSSR count). The Morgan fingerprint density at radius 1 is 1.00 bits per heavy atom. The first kappa shape index (κ1) is 22.2. The van der Waals surface area contributed by atoms with Crippen molar-refractivity contribution in [3.8, 4) is 0 Å². The molecular formula is C13H27NaO4S. The van der Waals surface area contributed by atoms with Gasteiger partial charge in [0.2, 0.25) is 0 Å². The molecule has 0 bridgehead atoms. The van der Waals surface area contributed by atoms with E-state index in [1.165, 1.54) is 32.6 Å². The first-order valence-electron chi connectivity index (χ1n) is 7.00. The van der Waals surface area contributed by atoms with E-state index in [0.717, 1.165) is 12.8 Å². The minimum absolute atomic E-state index is 0. The van der Waals surface area contributed by atoms with Gasteiger partial charge in [-0.2, -0.15) is 0 Å². The van der Waals surface area contributed by atoms with Crippen molar-refractivity contribution < 1.29 is 47.6 Å². The molecule has 0 aliphatic heterocycles. The van der Waals surface area contributed by atoms with Gasteiger partial charge in [0.15, 0.2) is 0 Å². The third-order valence-corrected chi connectivity index (χ3v) is 4.51. The first-order valence-corrected chi connectivity index (χ1v) is 8.47. The van der Waals surface area contributed by atoms with Crippen LogP contribution in [-0.4, -0.2) is 29.4 Å². The summed E-state index contributed by atoms with van der Waals surface area (Å²) in [7, 11) is -4.20. The standard InChI is InChI=1S/C13H28O4S.Na/c1-3-4-5-6-7-8-9-13(14)11-10-12(2)18(15,16)17;/h12-14H,3-11H2,1-2H3,(H,15,16,17);/q;+1/p-1. The molecule has 0 aromatic heterocycles. The number of hydrogen-bond donors (Lipinski definition) is 1. The van der Waals surface area contributed by atoms with E-state index in [9.17, 15) is 18.1 Å². The van der Waals surface area contributed by atoms with Gasteiger partial charge < -0.3 is 9.66 Å². The normalized spacial score (nSPS) is 14.7. The van der Waals surface area contributed by atoms with Crippen LogP contribution in [0.25, 0.3) is 0 Å². The zero-order valence-electron chi connectivity index (χ0n) is 12.6. The Kier molecular flexibility index (Phi) is 14.7. The SMILES string of the molecule is CCCCCCCCC(O)CCC(C)S(=O)(=O)[O-].[Na+]. The number of rotatable bonds is 11. The van der Waals surface area contributed by atoms with Gasteiger partial charge in [-0.25, -0.2) is 8.42 Å². The van der Waals surface area contributed by atoms with Gasteiger partial charge in [0.1, 0.15) is 0 Å². The van der Waals surface area contributed by atoms with Crippen molar-refractivity contribution in [3.05, 3.63) is 0 Å². The van der Waals surface area contributed by atoms with Gasteiger partial charge in [0, 0.05) is 5.25 Å². The molecule has 19 heavy (non-hydrogen) atoms. The summed E-state index contributed by atoms with van der Waals surface area (Å²) < 4.78 is 32.0. The van der Waals surface area contributed by atoms with Crippen LogP contribution < -0.4 is 29.6 Å². The molecule has 0 aliphatic rings. The number of hydrogen-bond acceptors (Lipinski definition) is 4. The smallest absolute Gasteiger partial charge is 0.748 e. The van der Waals surface area contributed by atoms with Crippen molar-refractivity contribution >= 4 is 10.1 Å². The fourth-order valence-electron chi connectivity index (χ4n) is 1.88. The van der Waals surface area contributed by atoms with Gasteiger partial charge in [-0.1, -0.05) is 45.4 Å². The predicted octanol–water partition coefficient (Wildman–Crippen LogP) is -0.184. The molecule has 110 valence electrons. The van der Waals surface area contributed by atoms with Crippen LogP contribution in [0.4, 0.5) is 0 Å². The number of aliphatic hydroxyl groups excluding tert-OH is 1. The summed E-state index contributed by atoms with van der Waals surface area (Å²) in [6.07, 6.45) is 7.92. The largest absolute Gasteiger partial charge is 1.00 e. The summed E-state index contributed by atoms with van der Waals surface area (Å²) in [5.41, 5.74) is 0. The maximum Gasteiger partial charge on any atom is 1.00 e. The van der Waals surface area contributed by atoms with Gasteiger partial charge in [-0.05, 0) is 26.2 Å². The molecular weight excluding hydrogens is 275 g/mol. The Labute approximate surface area is 140 Å². The second kappa shape index (κ2) is 12.6. The van der Waals surface area contributed by atoms with Crippen LogP contribution in [0.1, 0.15) is 71.6 Å². The van der Waals surface area contributed by atoms with E-state index >= 15 is 0 Å². The monoisotopic (exact) mass is 302 g/mol. The van der Waals surface area contributed by atoms with Crippen molar-refractivity contribution in [2.75, 3.05) is 0 Å². The zero-order chi connectivity index (χ0) is 14.0. The summed E-state index contributed by atoms with van der Waals surface area (Å²) in [6, 6.07) is 0. The van der Waals surface area contributed by atoms with E-state index in [4.69, 9.17) is 0 Å². The van der Waals surface area contributed by atoms with Gasteiger partial charge >= 0.3 is 29.6 Å². The number of aliphatic hydroxyl groups is 1. The molecule has 0 aromatic carbocycles. The molecule has 2 unspecified atom stereocenters. The minimum Gasteiger partial charge on any atom is -0.748 e. The van der Waals surface area contributed by atoms with Crippen molar-refractivity contribution in [1.29, 1.82) is 0 Å². The molecule has 0 aromatic rings. The first-order chi connectivity index (χ1) is 8.38. The fraction of sp³-hybridized carbons (Fsp3) is 1.00. The minimum atomic E-state index is -4.20. The van der Waals surface area contributed by atoms with Crippen molar-refractivity contribution in [2.24, 2.45) is 0 Å². The summed E-state index contributed by atoms with van der Waals surface area (Å²) in [5, 5.41) is 8.78. The average molecular weight is 302 g/mol. The van der Waals surface area contributed by atoms with Crippen LogP contribution >= 0.6 is 0 Å². The summed E-state index contributed by atoms with van der Waals surface area (Å²) in [6.45, 7) is 3.58. The average Bonchev–Trinajstić information content (AvgIpc) is 2.29. The van der Waals surface area contributed by atoms with Gasteiger partial charge in [-0.15, -0.1) is 0 Å². The number of unbranched alkanes of at least 4 members (excludes halogenated alkanes) is 5. The van der Waals surface area contributed by atoms with Crippen LogP contribution in [0, 0.1) is 0 Å². The summed E-state index contributed by atoms with van der Waals surface area (Å²) in [4.78, 5) is 0.